The fourth-order valence-electron chi connectivity index (χ4n) is 4.70. The van der Waals surface area contributed by atoms with Crippen LogP contribution in [0.3, 0.4) is 0 Å². The molecular weight excluding hydrogens is 412 g/mol. The summed E-state index contributed by atoms with van der Waals surface area (Å²) in [6.07, 6.45) is 2.50. The van der Waals surface area contributed by atoms with E-state index < -0.39 is 16.1 Å². The number of rotatable bonds is 7. The molecule has 0 bridgehead atoms. The van der Waals surface area contributed by atoms with Crippen LogP contribution in [0.2, 0.25) is 0 Å². The van der Waals surface area contributed by atoms with E-state index in [1.165, 1.54) is 12.7 Å². The number of phenolic OH excluding ortho intramolecular Hbond substituents is 1. The SMILES string of the molecule is CCC1CN(CCOc2ccc([C@H]3c4ccc(O)cc4[C@H](C)CN3S(C)(=O)=O)cc2)C1. The van der Waals surface area contributed by atoms with Crippen molar-refractivity contribution in [1.82, 2.24) is 9.21 Å². The second-order valence-corrected chi connectivity index (χ2v) is 10.8. The van der Waals surface area contributed by atoms with Gasteiger partial charge in [0.1, 0.15) is 18.1 Å². The minimum Gasteiger partial charge on any atom is -0.508 e. The number of hydrogen-bond donors (Lipinski definition) is 1. The van der Waals surface area contributed by atoms with Crippen LogP contribution < -0.4 is 4.74 Å². The van der Waals surface area contributed by atoms with Crippen molar-refractivity contribution < 1.29 is 18.3 Å². The molecule has 2 heterocycles. The average Bonchev–Trinajstić information content (AvgIpc) is 2.70. The van der Waals surface area contributed by atoms with E-state index >= 15 is 0 Å². The molecule has 0 saturated carbocycles. The lowest BCUT2D eigenvalue weighted by Crippen LogP contribution is -2.47. The molecule has 2 aliphatic rings. The summed E-state index contributed by atoms with van der Waals surface area (Å²) in [5.74, 6) is 1.83. The lowest BCUT2D eigenvalue weighted by atomic mass is 9.84. The molecule has 31 heavy (non-hydrogen) atoms. The number of hydrogen-bond acceptors (Lipinski definition) is 5. The molecule has 0 spiro atoms. The highest BCUT2D eigenvalue weighted by atomic mass is 32.2. The highest BCUT2D eigenvalue weighted by molar-refractivity contribution is 7.88. The fourth-order valence-corrected chi connectivity index (χ4v) is 5.81. The van der Waals surface area contributed by atoms with E-state index in [9.17, 15) is 13.5 Å². The topological polar surface area (TPSA) is 70.1 Å². The number of likely N-dealkylation sites (tertiary alicyclic amines) is 1. The predicted molar refractivity (Wildman–Crippen MR) is 122 cm³/mol. The number of sulfonamides is 1. The summed E-state index contributed by atoms with van der Waals surface area (Å²) in [6.45, 7) is 8.51. The summed E-state index contributed by atoms with van der Waals surface area (Å²) in [5.41, 5.74) is 2.80. The Balaban J connectivity index is 1.52. The van der Waals surface area contributed by atoms with Gasteiger partial charge in [-0.2, -0.15) is 4.31 Å². The molecule has 2 aromatic carbocycles. The van der Waals surface area contributed by atoms with Crippen molar-refractivity contribution in [2.75, 3.05) is 39.0 Å². The lowest BCUT2D eigenvalue weighted by Gasteiger charge is -2.39. The van der Waals surface area contributed by atoms with Crippen molar-refractivity contribution in [3.8, 4) is 11.5 Å². The number of benzene rings is 2. The molecule has 1 fully saturated rings. The van der Waals surface area contributed by atoms with Crippen LogP contribution in [0.1, 0.15) is 48.9 Å². The van der Waals surface area contributed by atoms with Gasteiger partial charge in [-0.05, 0) is 52.8 Å². The number of nitrogens with zero attached hydrogens (tertiary/aromatic N) is 2. The predicted octanol–water partition coefficient (Wildman–Crippen LogP) is 3.58. The molecule has 2 aromatic rings. The van der Waals surface area contributed by atoms with Gasteiger partial charge in [-0.3, -0.25) is 4.90 Å². The normalized spacial score (nSPS) is 22.7. The second-order valence-electron chi connectivity index (χ2n) is 8.90. The van der Waals surface area contributed by atoms with Gasteiger partial charge in [-0.1, -0.05) is 38.5 Å². The summed E-state index contributed by atoms with van der Waals surface area (Å²) in [7, 11) is -3.41. The molecule has 0 amide bonds. The standard InChI is InChI=1S/C24H32N2O4S/c1-4-18-15-25(16-18)11-12-30-21-8-5-19(6-9-21)24-22-10-7-20(27)13-23(22)17(2)14-26(24)31(3,28)29/h5-10,13,17-18,24,27H,4,11-12,14-16H2,1-3H3/t17-,24+/m1/s1. The molecule has 4 rings (SSSR count). The van der Waals surface area contributed by atoms with Crippen LogP contribution in [0, 0.1) is 5.92 Å². The Morgan fingerprint density at radius 3 is 2.42 bits per heavy atom. The Hall–Kier alpha value is -2.09. The number of aromatic hydroxyl groups is 1. The van der Waals surface area contributed by atoms with Crippen molar-refractivity contribution in [2.45, 2.75) is 32.2 Å². The molecule has 0 aliphatic carbocycles. The molecule has 0 aromatic heterocycles. The largest absolute Gasteiger partial charge is 0.508 e. The first-order valence-electron chi connectivity index (χ1n) is 11.0. The molecule has 168 valence electrons. The molecule has 1 N–H and O–H groups in total. The van der Waals surface area contributed by atoms with Gasteiger partial charge >= 0.3 is 0 Å². The van der Waals surface area contributed by atoms with Gasteiger partial charge in [-0.25, -0.2) is 8.42 Å². The third-order valence-electron chi connectivity index (χ3n) is 6.55. The van der Waals surface area contributed by atoms with Crippen LogP contribution in [0.25, 0.3) is 0 Å². The third kappa shape index (κ3) is 4.73. The zero-order chi connectivity index (χ0) is 22.2. The first-order valence-corrected chi connectivity index (χ1v) is 12.9. The monoisotopic (exact) mass is 444 g/mol. The van der Waals surface area contributed by atoms with Crippen molar-refractivity contribution in [1.29, 1.82) is 0 Å². The van der Waals surface area contributed by atoms with E-state index in [2.05, 4.69) is 11.8 Å². The zero-order valence-corrected chi connectivity index (χ0v) is 19.3. The first-order chi connectivity index (χ1) is 14.8. The number of ether oxygens (including phenoxy) is 1. The Kier molecular flexibility index (Phi) is 6.28. The van der Waals surface area contributed by atoms with Crippen molar-refractivity contribution in [2.24, 2.45) is 5.92 Å². The average molecular weight is 445 g/mol. The van der Waals surface area contributed by atoms with Gasteiger partial charge in [0.25, 0.3) is 0 Å². The first kappa shape index (κ1) is 22.1. The quantitative estimate of drug-likeness (QED) is 0.707. The Morgan fingerprint density at radius 2 is 1.77 bits per heavy atom. The van der Waals surface area contributed by atoms with Crippen molar-refractivity contribution >= 4 is 10.0 Å². The molecule has 1 saturated heterocycles. The van der Waals surface area contributed by atoms with Gasteiger partial charge in [0, 0.05) is 26.2 Å². The van der Waals surface area contributed by atoms with Gasteiger partial charge in [-0.15, -0.1) is 0 Å². The van der Waals surface area contributed by atoms with Crippen LogP contribution in [-0.4, -0.2) is 61.8 Å². The van der Waals surface area contributed by atoms with Crippen LogP contribution in [-0.2, 0) is 10.0 Å². The Bertz CT molecular complexity index is 1020. The fraction of sp³-hybridized carbons (Fsp3) is 0.500. The highest BCUT2D eigenvalue weighted by Crippen LogP contribution is 2.42. The van der Waals surface area contributed by atoms with E-state index in [1.807, 2.05) is 37.3 Å². The summed E-state index contributed by atoms with van der Waals surface area (Å²) < 4.78 is 32.7. The van der Waals surface area contributed by atoms with Gasteiger partial charge in [0.2, 0.25) is 10.0 Å². The third-order valence-corrected chi connectivity index (χ3v) is 7.76. The molecule has 2 aliphatic heterocycles. The maximum atomic E-state index is 12.6. The maximum Gasteiger partial charge on any atom is 0.212 e. The summed E-state index contributed by atoms with van der Waals surface area (Å²) >= 11 is 0. The Labute approximate surface area is 185 Å². The van der Waals surface area contributed by atoms with Crippen LogP contribution in [0.5, 0.6) is 11.5 Å². The van der Waals surface area contributed by atoms with E-state index in [0.717, 1.165) is 48.0 Å². The maximum absolute atomic E-state index is 12.6. The van der Waals surface area contributed by atoms with Crippen molar-refractivity contribution in [3.63, 3.8) is 0 Å². The minimum absolute atomic E-state index is 0.00416. The van der Waals surface area contributed by atoms with E-state index in [1.54, 1.807) is 16.4 Å². The van der Waals surface area contributed by atoms with E-state index in [4.69, 9.17) is 4.74 Å². The van der Waals surface area contributed by atoms with Crippen molar-refractivity contribution in [3.05, 3.63) is 59.2 Å². The van der Waals surface area contributed by atoms with Crippen LogP contribution >= 0.6 is 0 Å². The Morgan fingerprint density at radius 1 is 1.06 bits per heavy atom. The van der Waals surface area contributed by atoms with Gasteiger partial charge < -0.3 is 9.84 Å². The van der Waals surface area contributed by atoms with Crippen LogP contribution in [0.15, 0.2) is 42.5 Å². The summed E-state index contributed by atoms with van der Waals surface area (Å²) in [6, 6.07) is 12.5. The van der Waals surface area contributed by atoms with E-state index in [0.29, 0.717) is 13.2 Å². The molecule has 0 radical (unpaired) electrons. The number of phenols is 1. The van der Waals surface area contributed by atoms with Crippen LogP contribution in [0.4, 0.5) is 0 Å². The van der Waals surface area contributed by atoms with Gasteiger partial charge in [0.05, 0.1) is 12.3 Å². The lowest BCUT2D eigenvalue weighted by molar-refractivity contribution is 0.0806. The molecule has 6 nitrogen and oxygen atoms in total. The summed E-state index contributed by atoms with van der Waals surface area (Å²) in [5, 5.41) is 9.95. The highest BCUT2D eigenvalue weighted by Gasteiger charge is 2.37. The summed E-state index contributed by atoms with van der Waals surface area (Å²) in [4.78, 5) is 2.40. The molecule has 7 heteroatoms. The smallest absolute Gasteiger partial charge is 0.212 e. The zero-order valence-electron chi connectivity index (χ0n) is 18.5. The second kappa shape index (κ2) is 8.81. The molecular formula is C24H32N2O4S. The number of fused-ring (bicyclic) bond motifs is 1. The van der Waals surface area contributed by atoms with Gasteiger partial charge in [0.15, 0.2) is 0 Å². The minimum atomic E-state index is -3.41. The van der Waals surface area contributed by atoms with E-state index in [-0.39, 0.29) is 11.7 Å². The molecule has 2 atom stereocenters. The molecule has 0 unspecified atom stereocenters.